The topological polar surface area (TPSA) is 51.3 Å². The third kappa shape index (κ3) is 4.81. The fourth-order valence-electron chi connectivity index (χ4n) is 3.68. The summed E-state index contributed by atoms with van der Waals surface area (Å²) in [6, 6.07) is 12.4. The normalized spacial score (nSPS) is 20.4. The molecule has 2 atom stereocenters. The van der Waals surface area contributed by atoms with Gasteiger partial charge in [-0.3, -0.25) is 4.79 Å². The first kappa shape index (κ1) is 19.7. The monoisotopic (exact) mass is 369 g/mol. The summed E-state index contributed by atoms with van der Waals surface area (Å²) in [7, 11) is 0. The third-order valence-corrected chi connectivity index (χ3v) is 5.55. The van der Waals surface area contributed by atoms with Crippen molar-refractivity contribution in [1.82, 2.24) is 4.98 Å². The summed E-state index contributed by atoms with van der Waals surface area (Å²) in [6.45, 7) is 7.35. The van der Waals surface area contributed by atoms with Crippen LogP contribution in [-0.4, -0.2) is 23.7 Å². The summed E-state index contributed by atoms with van der Waals surface area (Å²) in [5, 5.41) is 0. The Bertz CT molecular complexity index is 735. The van der Waals surface area contributed by atoms with Crippen LogP contribution >= 0.6 is 0 Å². The molecule has 1 saturated carbocycles. The van der Waals surface area contributed by atoms with Crippen LogP contribution in [-0.2, 0) is 27.3 Å². The maximum absolute atomic E-state index is 12.6. The summed E-state index contributed by atoms with van der Waals surface area (Å²) in [5.74, 6) is -0.313. The van der Waals surface area contributed by atoms with Crippen LogP contribution in [0.1, 0.15) is 56.9 Å². The van der Waals surface area contributed by atoms with E-state index in [1.165, 1.54) is 18.4 Å². The quantitative estimate of drug-likeness (QED) is 0.480. The minimum atomic E-state index is -0.160. The van der Waals surface area contributed by atoms with E-state index in [-0.39, 0.29) is 30.0 Å². The van der Waals surface area contributed by atoms with Crippen LogP contribution in [0.2, 0.25) is 0 Å². The van der Waals surface area contributed by atoms with Gasteiger partial charge in [0, 0.05) is 18.2 Å². The van der Waals surface area contributed by atoms with Gasteiger partial charge in [-0.25, -0.2) is 0 Å². The van der Waals surface area contributed by atoms with Gasteiger partial charge >= 0.3 is 5.97 Å². The highest BCUT2D eigenvalue weighted by atomic mass is 16.5. The van der Waals surface area contributed by atoms with Gasteiger partial charge in [-0.2, -0.15) is 0 Å². The predicted octanol–water partition coefficient (Wildman–Crippen LogP) is 4.88. The number of hydrogen-bond acceptors (Lipinski definition) is 3. The number of benzene rings is 1. The fraction of sp³-hybridized carbons (Fsp3) is 0.522. The van der Waals surface area contributed by atoms with Crippen molar-refractivity contribution in [2.45, 2.75) is 59.2 Å². The Hall–Kier alpha value is -2.07. The van der Waals surface area contributed by atoms with E-state index in [1.807, 2.05) is 24.4 Å². The van der Waals surface area contributed by atoms with Crippen molar-refractivity contribution >= 4 is 5.97 Å². The van der Waals surface area contributed by atoms with Gasteiger partial charge in [0.15, 0.2) is 0 Å². The molecule has 1 fully saturated rings. The van der Waals surface area contributed by atoms with Crippen molar-refractivity contribution in [2.75, 3.05) is 6.61 Å². The van der Waals surface area contributed by atoms with Gasteiger partial charge in [0.1, 0.15) is 6.61 Å². The molecule has 2 unspecified atom stereocenters. The average Bonchev–Trinajstić information content (AvgIpc) is 2.98. The molecule has 0 spiro atoms. The Balaban J connectivity index is 1.50. The van der Waals surface area contributed by atoms with Crippen molar-refractivity contribution in [1.29, 1.82) is 0 Å². The van der Waals surface area contributed by atoms with E-state index in [9.17, 15) is 4.79 Å². The summed E-state index contributed by atoms with van der Waals surface area (Å²) < 4.78 is 11.6. The first-order valence-electron chi connectivity index (χ1n) is 10.0. The lowest BCUT2D eigenvalue weighted by Gasteiger charge is -2.07. The second kappa shape index (κ2) is 8.75. The lowest BCUT2D eigenvalue weighted by atomic mass is 10.1. The molecule has 3 rings (SSSR count). The largest absolute Gasteiger partial charge is 0.459 e. The van der Waals surface area contributed by atoms with Crippen LogP contribution in [0.4, 0.5) is 0 Å². The first-order chi connectivity index (χ1) is 13.0. The number of esters is 1. The number of nitrogens with one attached hydrogen (secondary N) is 1. The molecule has 4 heteroatoms. The Morgan fingerprint density at radius 3 is 2.67 bits per heavy atom. The molecule has 0 radical (unpaired) electrons. The number of rotatable bonds is 10. The lowest BCUT2D eigenvalue weighted by molar-refractivity contribution is -0.148. The minimum Gasteiger partial charge on any atom is -0.459 e. The number of hydrogen-bond donors (Lipinski definition) is 1. The van der Waals surface area contributed by atoms with E-state index in [2.05, 4.69) is 44.0 Å². The fourth-order valence-corrected chi connectivity index (χ4v) is 3.68. The van der Waals surface area contributed by atoms with Gasteiger partial charge in [0.25, 0.3) is 0 Å². The summed E-state index contributed by atoms with van der Waals surface area (Å²) in [5.41, 5.74) is 3.24. The molecule has 1 aliphatic rings. The number of H-pyrrole nitrogens is 1. The minimum absolute atomic E-state index is 0.0192. The number of carbonyl (C=O) groups excluding carboxylic acids is 1. The van der Waals surface area contributed by atoms with Gasteiger partial charge in [-0.15, -0.1) is 0 Å². The second-order valence-electron chi connectivity index (χ2n) is 8.05. The van der Waals surface area contributed by atoms with E-state index in [1.54, 1.807) is 0 Å². The molecule has 1 N–H and O–H groups in total. The second-order valence-corrected chi connectivity index (χ2v) is 8.05. The summed E-state index contributed by atoms with van der Waals surface area (Å²) in [4.78, 5) is 15.8. The number of aromatic amines is 1. The molecule has 1 aromatic heterocycles. The zero-order valence-corrected chi connectivity index (χ0v) is 16.7. The van der Waals surface area contributed by atoms with Crippen LogP contribution in [0.25, 0.3) is 0 Å². The maximum atomic E-state index is 12.6. The SMILES string of the molecule is CCCCCOC1C(C(=O)OCc2[nH]ccc2Cc2ccccc2)C1(C)C. The van der Waals surface area contributed by atoms with Crippen LogP contribution in [0.15, 0.2) is 42.6 Å². The predicted molar refractivity (Wildman–Crippen MR) is 106 cm³/mol. The van der Waals surface area contributed by atoms with Crippen LogP contribution in [0, 0.1) is 11.3 Å². The zero-order chi connectivity index (χ0) is 19.3. The van der Waals surface area contributed by atoms with Crippen LogP contribution in [0.5, 0.6) is 0 Å². The molecule has 27 heavy (non-hydrogen) atoms. The molecule has 0 aliphatic heterocycles. The van der Waals surface area contributed by atoms with E-state index >= 15 is 0 Å². The lowest BCUT2D eigenvalue weighted by Crippen LogP contribution is -2.12. The molecule has 1 aromatic carbocycles. The van der Waals surface area contributed by atoms with Gasteiger partial charge in [-0.1, -0.05) is 63.9 Å². The van der Waals surface area contributed by atoms with Gasteiger partial charge < -0.3 is 14.5 Å². The molecule has 4 nitrogen and oxygen atoms in total. The number of unbranched alkanes of at least 4 members (excludes halogenated alkanes) is 2. The standard InChI is InChI=1S/C23H31NO3/c1-4-5-9-14-26-21-20(23(21,2)3)22(25)27-16-19-18(12-13-24-19)15-17-10-7-6-8-11-17/h6-8,10-13,20-21,24H,4-5,9,14-16H2,1-3H3. The molecule has 0 bridgehead atoms. The number of aromatic nitrogens is 1. The molecule has 2 aromatic rings. The molecular weight excluding hydrogens is 338 g/mol. The van der Waals surface area contributed by atoms with Gasteiger partial charge in [-0.05, 0) is 30.0 Å². The average molecular weight is 370 g/mol. The van der Waals surface area contributed by atoms with Gasteiger partial charge in [0.05, 0.1) is 17.7 Å². The van der Waals surface area contributed by atoms with E-state index in [0.29, 0.717) is 0 Å². The van der Waals surface area contributed by atoms with Crippen LogP contribution in [0.3, 0.4) is 0 Å². The maximum Gasteiger partial charge on any atom is 0.312 e. The van der Waals surface area contributed by atoms with E-state index in [0.717, 1.165) is 30.7 Å². The molecule has 0 saturated heterocycles. The highest BCUT2D eigenvalue weighted by Crippen LogP contribution is 2.54. The summed E-state index contributed by atoms with van der Waals surface area (Å²) in [6.07, 6.45) is 6.10. The zero-order valence-electron chi connectivity index (χ0n) is 16.7. The van der Waals surface area contributed by atoms with Crippen molar-refractivity contribution in [3.8, 4) is 0 Å². The Kier molecular flexibility index (Phi) is 6.38. The van der Waals surface area contributed by atoms with Crippen molar-refractivity contribution in [3.05, 3.63) is 59.4 Å². The van der Waals surface area contributed by atoms with E-state index in [4.69, 9.17) is 9.47 Å². The van der Waals surface area contributed by atoms with E-state index < -0.39 is 0 Å². The first-order valence-corrected chi connectivity index (χ1v) is 10.0. The summed E-state index contributed by atoms with van der Waals surface area (Å²) >= 11 is 0. The highest BCUT2D eigenvalue weighted by Gasteiger charge is 2.64. The third-order valence-electron chi connectivity index (χ3n) is 5.55. The Labute approximate surface area is 162 Å². The molecule has 146 valence electrons. The number of ether oxygens (including phenoxy) is 2. The Morgan fingerprint density at radius 1 is 1.15 bits per heavy atom. The molecule has 1 heterocycles. The van der Waals surface area contributed by atoms with Crippen LogP contribution < -0.4 is 0 Å². The molecule has 0 amide bonds. The van der Waals surface area contributed by atoms with Crippen molar-refractivity contribution < 1.29 is 14.3 Å². The number of carbonyl (C=O) groups is 1. The van der Waals surface area contributed by atoms with Gasteiger partial charge in [0.2, 0.25) is 0 Å². The molecular formula is C23H31NO3. The highest BCUT2D eigenvalue weighted by molar-refractivity contribution is 5.78. The van der Waals surface area contributed by atoms with Crippen molar-refractivity contribution in [3.63, 3.8) is 0 Å². The smallest absolute Gasteiger partial charge is 0.312 e. The molecule has 1 aliphatic carbocycles. The Morgan fingerprint density at radius 2 is 1.93 bits per heavy atom. The van der Waals surface area contributed by atoms with Crippen molar-refractivity contribution in [2.24, 2.45) is 11.3 Å².